The molecule has 0 unspecified atom stereocenters. The summed E-state index contributed by atoms with van der Waals surface area (Å²) >= 11 is 0. The molecule has 0 bridgehead atoms. The fourth-order valence-electron chi connectivity index (χ4n) is 2.76. The van der Waals surface area contributed by atoms with Crippen molar-refractivity contribution in [1.82, 2.24) is 10.2 Å². The normalized spacial score (nSPS) is 11.1. The lowest BCUT2D eigenvalue weighted by atomic mass is 10.2. The van der Waals surface area contributed by atoms with Crippen LogP contribution < -0.4 is 14.4 Å². The number of methoxy groups -OCH3 is 1. The van der Waals surface area contributed by atoms with Gasteiger partial charge in [-0.05, 0) is 48.4 Å². The first-order valence-corrected chi connectivity index (χ1v) is 10.1. The van der Waals surface area contributed by atoms with Gasteiger partial charge in [0.1, 0.15) is 5.75 Å². The number of aromatic nitrogens is 2. The highest BCUT2D eigenvalue weighted by molar-refractivity contribution is 7.92. The number of hydrogen-bond acceptors (Lipinski definition) is 6. The summed E-state index contributed by atoms with van der Waals surface area (Å²) in [5.41, 5.74) is 1.73. The summed E-state index contributed by atoms with van der Waals surface area (Å²) in [5, 5.41) is 8.14. The minimum absolute atomic E-state index is 0.159. The molecule has 1 aromatic heterocycles. The van der Waals surface area contributed by atoms with E-state index in [2.05, 4.69) is 14.9 Å². The Morgan fingerprint density at radius 3 is 2.39 bits per heavy atom. The number of rotatable bonds is 7. The molecule has 0 saturated carbocycles. The molecule has 3 rings (SSSR count). The van der Waals surface area contributed by atoms with Crippen molar-refractivity contribution in [2.45, 2.75) is 18.4 Å². The zero-order valence-electron chi connectivity index (χ0n) is 16.0. The van der Waals surface area contributed by atoms with Gasteiger partial charge in [-0.3, -0.25) is 4.72 Å². The Bertz CT molecular complexity index is 1040. The highest BCUT2D eigenvalue weighted by Crippen LogP contribution is 2.23. The highest BCUT2D eigenvalue weighted by Gasteiger charge is 2.18. The van der Waals surface area contributed by atoms with E-state index in [1.54, 1.807) is 31.2 Å². The zero-order valence-corrected chi connectivity index (χ0v) is 16.8. The Kier molecular flexibility index (Phi) is 5.79. The molecule has 0 aliphatic rings. The van der Waals surface area contributed by atoms with Crippen LogP contribution in [0.4, 0.5) is 11.6 Å². The van der Waals surface area contributed by atoms with Crippen LogP contribution in [0.5, 0.6) is 5.75 Å². The highest BCUT2D eigenvalue weighted by atomic mass is 32.2. The summed E-state index contributed by atoms with van der Waals surface area (Å²) in [5.74, 6) is 1.40. The van der Waals surface area contributed by atoms with E-state index < -0.39 is 10.0 Å². The van der Waals surface area contributed by atoms with Gasteiger partial charge in [-0.1, -0.05) is 30.3 Å². The van der Waals surface area contributed by atoms with Gasteiger partial charge in [0.2, 0.25) is 0 Å². The van der Waals surface area contributed by atoms with Crippen LogP contribution in [0.1, 0.15) is 11.1 Å². The summed E-state index contributed by atoms with van der Waals surface area (Å²) < 4.78 is 32.9. The zero-order chi connectivity index (χ0) is 20.1. The number of ether oxygens (including phenoxy) is 1. The second kappa shape index (κ2) is 8.26. The number of hydrogen-bond donors (Lipinski definition) is 1. The van der Waals surface area contributed by atoms with Crippen molar-refractivity contribution in [3.8, 4) is 5.75 Å². The Balaban J connectivity index is 1.73. The Morgan fingerprint density at radius 1 is 1.04 bits per heavy atom. The van der Waals surface area contributed by atoms with Gasteiger partial charge in [-0.15, -0.1) is 10.2 Å². The lowest BCUT2D eigenvalue weighted by Gasteiger charge is -2.18. The van der Waals surface area contributed by atoms with Crippen molar-refractivity contribution >= 4 is 21.7 Å². The van der Waals surface area contributed by atoms with E-state index in [0.717, 1.165) is 5.56 Å². The van der Waals surface area contributed by atoms with E-state index >= 15 is 0 Å². The third-order valence-electron chi connectivity index (χ3n) is 4.21. The Labute approximate surface area is 165 Å². The molecule has 0 aliphatic heterocycles. The maximum Gasteiger partial charge on any atom is 0.263 e. The van der Waals surface area contributed by atoms with E-state index in [1.807, 2.05) is 42.3 Å². The molecule has 3 aromatic rings. The number of aryl methyl sites for hydroxylation is 1. The molecule has 2 aromatic carbocycles. The standard InChI is InChI=1S/C20H22N4O3S/c1-15-13-17(27-3)9-10-18(15)28(25,26)23-19-11-12-20(22-21-19)24(2)14-16-7-5-4-6-8-16/h4-13H,14H2,1-3H3,(H,21,23). The molecule has 1 N–H and O–H groups in total. The lowest BCUT2D eigenvalue weighted by molar-refractivity contribution is 0.414. The smallest absolute Gasteiger partial charge is 0.263 e. The predicted octanol–water partition coefficient (Wildman–Crippen LogP) is 3.23. The van der Waals surface area contributed by atoms with Crippen LogP contribution in [-0.4, -0.2) is 32.8 Å². The van der Waals surface area contributed by atoms with Gasteiger partial charge >= 0.3 is 0 Å². The second-order valence-corrected chi connectivity index (χ2v) is 8.01. The van der Waals surface area contributed by atoms with Gasteiger partial charge in [-0.2, -0.15) is 0 Å². The molecular weight excluding hydrogens is 376 g/mol. The molecule has 8 heteroatoms. The molecule has 0 radical (unpaired) electrons. The van der Waals surface area contributed by atoms with Crippen molar-refractivity contribution < 1.29 is 13.2 Å². The van der Waals surface area contributed by atoms with Crippen molar-refractivity contribution in [2.75, 3.05) is 23.8 Å². The van der Waals surface area contributed by atoms with Gasteiger partial charge in [0, 0.05) is 13.6 Å². The topological polar surface area (TPSA) is 84.4 Å². The average molecular weight is 398 g/mol. The van der Waals surface area contributed by atoms with Crippen molar-refractivity contribution in [1.29, 1.82) is 0 Å². The molecular formula is C20H22N4O3S. The minimum atomic E-state index is -3.77. The van der Waals surface area contributed by atoms with Crippen LogP contribution in [0.25, 0.3) is 0 Å². The summed E-state index contributed by atoms with van der Waals surface area (Å²) in [4.78, 5) is 2.11. The number of nitrogens with zero attached hydrogens (tertiary/aromatic N) is 3. The fraction of sp³-hybridized carbons (Fsp3) is 0.200. The van der Waals surface area contributed by atoms with Gasteiger partial charge in [0.05, 0.1) is 12.0 Å². The second-order valence-electron chi connectivity index (χ2n) is 6.36. The average Bonchev–Trinajstić information content (AvgIpc) is 2.68. The quantitative estimate of drug-likeness (QED) is 0.658. The van der Waals surface area contributed by atoms with E-state index in [9.17, 15) is 8.42 Å². The van der Waals surface area contributed by atoms with Gasteiger partial charge in [0.15, 0.2) is 11.6 Å². The van der Waals surface area contributed by atoms with Gasteiger partial charge < -0.3 is 9.64 Å². The van der Waals surface area contributed by atoms with Crippen LogP contribution in [0.15, 0.2) is 65.6 Å². The van der Waals surface area contributed by atoms with Crippen LogP contribution in [-0.2, 0) is 16.6 Å². The fourth-order valence-corrected chi connectivity index (χ4v) is 3.99. The predicted molar refractivity (Wildman–Crippen MR) is 109 cm³/mol. The van der Waals surface area contributed by atoms with Crippen LogP contribution in [0.2, 0.25) is 0 Å². The molecule has 0 amide bonds. The summed E-state index contributed by atoms with van der Waals surface area (Å²) in [6, 6.07) is 18.1. The van der Waals surface area contributed by atoms with Crippen molar-refractivity contribution in [2.24, 2.45) is 0 Å². The van der Waals surface area contributed by atoms with E-state index in [-0.39, 0.29) is 10.7 Å². The molecule has 0 saturated heterocycles. The molecule has 1 heterocycles. The molecule has 146 valence electrons. The monoisotopic (exact) mass is 398 g/mol. The number of benzene rings is 2. The number of anilines is 2. The molecule has 0 atom stereocenters. The summed E-state index contributed by atoms with van der Waals surface area (Å²) in [6.45, 7) is 2.38. The molecule has 28 heavy (non-hydrogen) atoms. The maximum atomic E-state index is 12.7. The third-order valence-corrected chi connectivity index (χ3v) is 5.73. The Morgan fingerprint density at radius 2 is 1.79 bits per heavy atom. The molecule has 7 nitrogen and oxygen atoms in total. The largest absolute Gasteiger partial charge is 0.497 e. The van der Waals surface area contributed by atoms with Crippen molar-refractivity contribution in [3.63, 3.8) is 0 Å². The number of nitrogens with one attached hydrogen (secondary N) is 1. The summed E-state index contributed by atoms with van der Waals surface area (Å²) in [6.07, 6.45) is 0. The molecule has 0 aliphatic carbocycles. The Hall–Kier alpha value is -3.13. The molecule has 0 fully saturated rings. The van der Waals surface area contributed by atoms with Crippen molar-refractivity contribution in [3.05, 3.63) is 71.8 Å². The van der Waals surface area contributed by atoms with Crippen LogP contribution >= 0.6 is 0 Å². The summed E-state index contributed by atoms with van der Waals surface area (Å²) in [7, 11) is -0.333. The van der Waals surface area contributed by atoms with E-state index in [4.69, 9.17) is 4.74 Å². The van der Waals surface area contributed by atoms with E-state index in [0.29, 0.717) is 23.7 Å². The first kappa shape index (κ1) is 19.6. The van der Waals surface area contributed by atoms with Gasteiger partial charge in [-0.25, -0.2) is 8.42 Å². The molecule has 0 spiro atoms. The lowest BCUT2D eigenvalue weighted by Crippen LogP contribution is -2.19. The van der Waals surface area contributed by atoms with Crippen LogP contribution in [0.3, 0.4) is 0 Å². The number of sulfonamides is 1. The van der Waals surface area contributed by atoms with E-state index in [1.165, 1.54) is 13.2 Å². The first-order chi connectivity index (χ1) is 13.4. The third kappa shape index (κ3) is 4.58. The minimum Gasteiger partial charge on any atom is -0.497 e. The maximum absolute atomic E-state index is 12.7. The SMILES string of the molecule is COc1ccc(S(=O)(=O)Nc2ccc(N(C)Cc3ccccc3)nn2)c(C)c1. The van der Waals surface area contributed by atoms with Gasteiger partial charge in [0.25, 0.3) is 10.0 Å². The first-order valence-electron chi connectivity index (χ1n) is 8.65. The van der Waals surface area contributed by atoms with Crippen LogP contribution in [0, 0.1) is 6.92 Å².